The second-order valence-corrected chi connectivity index (χ2v) is 5.04. The van der Waals surface area contributed by atoms with Gasteiger partial charge in [0.15, 0.2) is 0 Å². The zero-order valence-corrected chi connectivity index (χ0v) is 11.9. The van der Waals surface area contributed by atoms with Crippen LogP contribution in [0.1, 0.15) is 36.2 Å². The lowest BCUT2D eigenvalue weighted by Crippen LogP contribution is -2.39. The van der Waals surface area contributed by atoms with Gasteiger partial charge in [0, 0.05) is 29.8 Å². The number of benzene rings is 1. The van der Waals surface area contributed by atoms with E-state index in [0.717, 1.165) is 0 Å². The third-order valence-electron chi connectivity index (χ3n) is 3.31. The van der Waals surface area contributed by atoms with Crippen LogP contribution in [0.2, 0.25) is 0 Å². The average Bonchev–Trinajstić information content (AvgIpc) is 2.37. The molecule has 0 heterocycles. The summed E-state index contributed by atoms with van der Waals surface area (Å²) in [5.74, 6) is -0.177. The van der Waals surface area contributed by atoms with Crippen molar-refractivity contribution in [2.75, 3.05) is 6.61 Å². The van der Waals surface area contributed by atoms with Gasteiger partial charge in [0.1, 0.15) is 0 Å². The van der Waals surface area contributed by atoms with E-state index in [1.807, 2.05) is 13.8 Å². The molecule has 110 valence electrons. The predicted molar refractivity (Wildman–Crippen MR) is 75.6 cm³/mol. The summed E-state index contributed by atoms with van der Waals surface area (Å²) in [6.07, 6.45) is 0.456. The van der Waals surface area contributed by atoms with E-state index in [9.17, 15) is 14.9 Å². The molecule has 1 aromatic carbocycles. The number of hydrogen-bond acceptors (Lipinski definition) is 4. The minimum absolute atomic E-state index is 0.0168. The SMILES string of the molecule is Cc1c(C(=O)NC(CCO)C(C)C)cccc1[N+](=O)[O-]. The van der Waals surface area contributed by atoms with Crippen molar-refractivity contribution < 1.29 is 14.8 Å². The Balaban J connectivity index is 2.98. The van der Waals surface area contributed by atoms with Crippen LogP contribution in [0.4, 0.5) is 5.69 Å². The lowest BCUT2D eigenvalue weighted by Gasteiger charge is -2.21. The highest BCUT2D eigenvalue weighted by atomic mass is 16.6. The van der Waals surface area contributed by atoms with E-state index in [-0.39, 0.29) is 30.2 Å². The summed E-state index contributed by atoms with van der Waals surface area (Å²) in [5, 5.41) is 22.7. The summed E-state index contributed by atoms with van der Waals surface area (Å²) < 4.78 is 0. The van der Waals surface area contributed by atoms with Gasteiger partial charge in [-0.15, -0.1) is 0 Å². The number of nitrogens with one attached hydrogen (secondary N) is 1. The van der Waals surface area contributed by atoms with Gasteiger partial charge in [-0.05, 0) is 25.3 Å². The lowest BCUT2D eigenvalue weighted by molar-refractivity contribution is -0.385. The van der Waals surface area contributed by atoms with Crippen LogP contribution in [0.15, 0.2) is 18.2 Å². The standard InChI is InChI=1S/C14H20N2O4/c1-9(2)12(7-8-17)15-14(18)11-5-4-6-13(10(11)3)16(19)20/h4-6,9,12,17H,7-8H2,1-3H3,(H,15,18). The molecule has 0 bridgehead atoms. The molecule has 1 rings (SSSR count). The van der Waals surface area contributed by atoms with Crippen LogP contribution >= 0.6 is 0 Å². The third kappa shape index (κ3) is 3.77. The topological polar surface area (TPSA) is 92.5 Å². The van der Waals surface area contributed by atoms with Crippen LogP contribution in [-0.2, 0) is 0 Å². The molecular weight excluding hydrogens is 260 g/mol. The summed E-state index contributed by atoms with van der Waals surface area (Å²) in [6.45, 7) is 5.43. The molecule has 0 saturated heterocycles. The summed E-state index contributed by atoms with van der Waals surface area (Å²) in [6, 6.07) is 4.27. The predicted octanol–water partition coefficient (Wildman–Crippen LogP) is 2.04. The van der Waals surface area contributed by atoms with Crippen molar-refractivity contribution in [2.45, 2.75) is 33.2 Å². The number of carbonyl (C=O) groups is 1. The van der Waals surface area contributed by atoms with E-state index in [4.69, 9.17) is 5.11 Å². The monoisotopic (exact) mass is 280 g/mol. The van der Waals surface area contributed by atoms with Crippen molar-refractivity contribution >= 4 is 11.6 Å². The van der Waals surface area contributed by atoms with Crippen molar-refractivity contribution in [3.63, 3.8) is 0 Å². The molecule has 1 amide bonds. The fourth-order valence-corrected chi connectivity index (χ4v) is 2.02. The normalized spacial score (nSPS) is 12.2. The van der Waals surface area contributed by atoms with Crippen molar-refractivity contribution in [1.29, 1.82) is 0 Å². The van der Waals surface area contributed by atoms with E-state index in [2.05, 4.69) is 5.32 Å². The van der Waals surface area contributed by atoms with Gasteiger partial charge < -0.3 is 10.4 Å². The van der Waals surface area contributed by atoms with Gasteiger partial charge in [-0.25, -0.2) is 0 Å². The van der Waals surface area contributed by atoms with Gasteiger partial charge in [-0.2, -0.15) is 0 Å². The molecule has 0 saturated carbocycles. The van der Waals surface area contributed by atoms with Gasteiger partial charge in [-0.3, -0.25) is 14.9 Å². The van der Waals surface area contributed by atoms with E-state index < -0.39 is 4.92 Å². The molecule has 0 aliphatic carbocycles. The van der Waals surface area contributed by atoms with Gasteiger partial charge in [-0.1, -0.05) is 19.9 Å². The molecule has 0 aliphatic rings. The summed E-state index contributed by atoms with van der Waals surface area (Å²) in [4.78, 5) is 22.6. The highest BCUT2D eigenvalue weighted by Gasteiger charge is 2.21. The zero-order valence-electron chi connectivity index (χ0n) is 11.9. The van der Waals surface area contributed by atoms with Crippen LogP contribution in [0, 0.1) is 23.0 Å². The van der Waals surface area contributed by atoms with Gasteiger partial charge in [0.2, 0.25) is 0 Å². The molecule has 20 heavy (non-hydrogen) atoms. The van der Waals surface area contributed by atoms with Crippen molar-refractivity contribution in [3.05, 3.63) is 39.4 Å². The Kier molecular flexibility index (Phi) is 5.64. The molecule has 0 radical (unpaired) electrons. The lowest BCUT2D eigenvalue weighted by atomic mass is 9.99. The fourth-order valence-electron chi connectivity index (χ4n) is 2.02. The number of rotatable bonds is 6. The first-order chi connectivity index (χ1) is 9.38. The number of amides is 1. The molecular formula is C14H20N2O4. The Hall–Kier alpha value is -1.95. The number of nitro benzene ring substituents is 1. The molecule has 0 spiro atoms. The first kappa shape index (κ1) is 16.1. The Bertz CT molecular complexity index is 500. The number of aliphatic hydroxyl groups is 1. The second kappa shape index (κ2) is 7.00. The van der Waals surface area contributed by atoms with Crippen molar-refractivity contribution in [2.24, 2.45) is 5.92 Å². The van der Waals surface area contributed by atoms with E-state index in [1.54, 1.807) is 13.0 Å². The quantitative estimate of drug-likeness (QED) is 0.616. The maximum absolute atomic E-state index is 12.2. The average molecular weight is 280 g/mol. The minimum atomic E-state index is -0.500. The Morgan fingerprint density at radius 2 is 2.10 bits per heavy atom. The van der Waals surface area contributed by atoms with E-state index >= 15 is 0 Å². The zero-order chi connectivity index (χ0) is 15.3. The third-order valence-corrected chi connectivity index (χ3v) is 3.31. The summed E-state index contributed by atoms with van der Waals surface area (Å²) in [5.41, 5.74) is 0.574. The van der Waals surface area contributed by atoms with E-state index in [0.29, 0.717) is 17.5 Å². The second-order valence-electron chi connectivity index (χ2n) is 5.04. The van der Waals surface area contributed by atoms with Crippen LogP contribution in [-0.4, -0.2) is 28.6 Å². The van der Waals surface area contributed by atoms with Crippen molar-refractivity contribution in [1.82, 2.24) is 5.32 Å². The molecule has 0 fully saturated rings. The summed E-state index contributed by atoms with van der Waals surface area (Å²) >= 11 is 0. The van der Waals surface area contributed by atoms with E-state index in [1.165, 1.54) is 12.1 Å². The molecule has 1 unspecified atom stereocenters. The highest BCUT2D eigenvalue weighted by molar-refractivity contribution is 5.96. The molecule has 1 atom stereocenters. The van der Waals surface area contributed by atoms with Crippen LogP contribution < -0.4 is 5.32 Å². The fraction of sp³-hybridized carbons (Fsp3) is 0.500. The van der Waals surface area contributed by atoms with Crippen molar-refractivity contribution in [3.8, 4) is 0 Å². The Morgan fingerprint density at radius 1 is 1.45 bits per heavy atom. The highest BCUT2D eigenvalue weighted by Crippen LogP contribution is 2.21. The first-order valence-electron chi connectivity index (χ1n) is 6.54. The Morgan fingerprint density at radius 3 is 2.60 bits per heavy atom. The molecule has 6 heteroatoms. The van der Waals surface area contributed by atoms with Crippen LogP contribution in [0.5, 0.6) is 0 Å². The number of nitrogens with zero attached hydrogens (tertiary/aromatic N) is 1. The molecule has 2 N–H and O–H groups in total. The summed E-state index contributed by atoms with van der Waals surface area (Å²) in [7, 11) is 0. The largest absolute Gasteiger partial charge is 0.396 e. The maximum Gasteiger partial charge on any atom is 0.273 e. The number of carbonyl (C=O) groups excluding carboxylic acids is 1. The smallest absolute Gasteiger partial charge is 0.273 e. The van der Waals surface area contributed by atoms with Crippen LogP contribution in [0.3, 0.4) is 0 Å². The molecule has 0 aromatic heterocycles. The number of aliphatic hydroxyl groups excluding tert-OH is 1. The molecule has 6 nitrogen and oxygen atoms in total. The Labute approximate surface area is 118 Å². The van der Waals surface area contributed by atoms with Gasteiger partial charge in [0.25, 0.3) is 11.6 Å². The first-order valence-corrected chi connectivity index (χ1v) is 6.54. The van der Waals surface area contributed by atoms with Gasteiger partial charge >= 0.3 is 0 Å². The number of nitro groups is 1. The molecule has 1 aromatic rings. The minimum Gasteiger partial charge on any atom is -0.396 e. The maximum atomic E-state index is 12.2. The molecule has 0 aliphatic heterocycles. The number of hydrogen-bond donors (Lipinski definition) is 2. The van der Waals surface area contributed by atoms with Crippen LogP contribution in [0.25, 0.3) is 0 Å². The van der Waals surface area contributed by atoms with Gasteiger partial charge in [0.05, 0.1) is 4.92 Å².